The van der Waals surface area contributed by atoms with Gasteiger partial charge in [0.2, 0.25) is 0 Å². The first-order valence-electron chi connectivity index (χ1n) is 5.45. The van der Waals surface area contributed by atoms with Crippen molar-refractivity contribution in [1.82, 2.24) is 0 Å². The van der Waals surface area contributed by atoms with Crippen LogP contribution in [-0.2, 0) is 21.7 Å². The summed E-state index contributed by atoms with van der Waals surface area (Å²) in [6.07, 6.45) is 3.36. The molecular formula is C13H23Cl2NTi. The van der Waals surface area contributed by atoms with Gasteiger partial charge in [-0.3, -0.25) is 6.08 Å². The van der Waals surface area contributed by atoms with E-state index in [1.807, 2.05) is 13.8 Å². The van der Waals surface area contributed by atoms with Gasteiger partial charge in [0.15, 0.2) is 0 Å². The first kappa shape index (κ1) is 26.3. The molecular weight excluding hydrogens is 289 g/mol. The molecule has 98 valence electrons. The van der Waals surface area contributed by atoms with Crippen LogP contribution in [0, 0.1) is 12.0 Å². The second kappa shape index (κ2) is 14.8. The molecule has 0 spiro atoms. The Morgan fingerprint density at radius 3 is 1.53 bits per heavy atom. The Bertz CT molecular complexity index is 236. The Kier molecular flexibility index (Phi) is 22.9. The Balaban J connectivity index is -0.0000000948. The van der Waals surface area contributed by atoms with Crippen molar-refractivity contribution in [3.63, 3.8) is 0 Å². The zero-order valence-corrected chi connectivity index (χ0v) is 14.8. The van der Waals surface area contributed by atoms with Gasteiger partial charge in [-0.2, -0.15) is 24.2 Å². The molecule has 0 aromatic carbocycles. The van der Waals surface area contributed by atoms with E-state index < -0.39 is 0 Å². The molecule has 0 bridgehead atoms. The van der Waals surface area contributed by atoms with E-state index in [0.717, 1.165) is 13.1 Å². The number of hydrogen-bond donors (Lipinski definition) is 0. The molecule has 1 nitrogen and oxygen atoms in total. The van der Waals surface area contributed by atoms with Crippen LogP contribution >= 0.6 is 0 Å². The molecule has 0 saturated carbocycles. The van der Waals surface area contributed by atoms with Gasteiger partial charge in [-0.15, -0.1) is 6.92 Å². The van der Waals surface area contributed by atoms with Gasteiger partial charge < -0.3 is 30.1 Å². The van der Waals surface area contributed by atoms with E-state index in [4.69, 9.17) is 0 Å². The zero-order valence-electron chi connectivity index (χ0n) is 11.7. The van der Waals surface area contributed by atoms with Gasteiger partial charge in [0.1, 0.15) is 0 Å². The fourth-order valence-corrected chi connectivity index (χ4v) is 1.39. The van der Waals surface area contributed by atoms with Crippen LogP contribution in [0.1, 0.15) is 41.5 Å². The van der Waals surface area contributed by atoms with Crippen molar-refractivity contribution in [3.8, 4) is 0 Å². The fourth-order valence-electron chi connectivity index (χ4n) is 1.39. The van der Waals surface area contributed by atoms with Crippen LogP contribution in [0.2, 0.25) is 0 Å². The maximum absolute atomic E-state index is 3.97. The summed E-state index contributed by atoms with van der Waals surface area (Å²) in [5.41, 5.74) is 4.25. The minimum atomic E-state index is 0. The largest absolute Gasteiger partial charge is 4.00 e. The minimum Gasteiger partial charge on any atom is -1.00 e. The third-order valence-electron chi connectivity index (χ3n) is 2.68. The normalized spacial score (nSPS) is 16.8. The topological polar surface area (TPSA) is 14.1 Å². The van der Waals surface area contributed by atoms with Crippen molar-refractivity contribution in [1.29, 1.82) is 0 Å². The van der Waals surface area contributed by atoms with Gasteiger partial charge in [-0.25, -0.2) is 5.57 Å². The summed E-state index contributed by atoms with van der Waals surface area (Å²) in [4.78, 5) is 0. The minimum absolute atomic E-state index is 0. The predicted octanol–water partition coefficient (Wildman–Crippen LogP) is -1.87. The van der Waals surface area contributed by atoms with Crippen molar-refractivity contribution >= 4 is 0 Å². The summed E-state index contributed by atoms with van der Waals surface area (Å²) in [5.74, 6) is 0.560. The summed E-state index contributed by atoms with van der Waals surface area (Å²) < 4.78 is 0. The Morgan fingerprint density at radius 2 is 1.47 bits per heavy atom. The van der Waals surface area contributed by atoms with Crippen LogP contribution in [0.3, 0.4) is 0 Å². The van der Waals surface area contributed by atoms with Crippen molar-refractivity contribution in [3.05, 3.63) is 28.1 Å². The maximum Gasteiger partial charge on any atom is 4.00 e. The molecule has 1 aliphatic rings. The molecule has 17 heavy (non-hydrogen) atoms. The zero-order chi connectivity index (χ0) is 11.1. The van der Waals surface area contributed by atoms with Crippen LogP contribution in [0.5, 0.6) is 0 Å². The standard InChI is InChI=1S/C9H13.C4H10N.2ClH.Ti/c1-6-5-7(2)9(4)8(6)3;1-3-5-4-2;;;/h6H,1-4H3;3-4H2,1-2H3;2*1H;/q2*-1;;;+4/p-2. The van der Waals surface area contributed by atoms with Crippen LogP contribution < -0.4 is 24.8 Å². The molecule has 0 amide bonds. The molecule has 1 unspecified atom stereocenters. The van der Waals surface area contributed by atoms with Gasteiger partial charge in [0.05, 0.1) is 0 Å². The first-order valence-corrected chi connectivity index (χ1v) is 5.45. The average molecular weight is 312 g/mol. The van der Waals surface area contributed by atoms with Gasteiger partial charge >= 0.3 is 21.7 Å². The molecule has 0 radical (unpaired) electrons. The molecule has 0 aromatic heterocycles. The van der Waals surface area contributed by atoms with E-state index in [2.05, 4.69) is 39.1 Å². The van der Waals surface area contributed by atoms with Crippen molar-refractivity contribution in [2.45, 2.75) is 41.5 Å². The molecule has 0 N–H and O–H groups in total. The van der Waals surface area contributed by atoms with Gasteiger partial charge in [-0.1, -0.05) is 40.5 Å². The predicted molar refractivity (Wildman–Crippen MR) is 64.4 cm³/mol. The molecule has 0 fully saturated rings. The average Bonchev–Trinajstić information content (AvgIpc) is 2.36. The number of halogens is 2. The summed E-state index contributed by atoms with van der Waals surface area (Å²) in [5, 5.41) is 3.97. The van der Waals surface area contributed by atoms with E-state index in [0.29, 0.717) is 5.92 Å². The Labute approximate surface area is 135 Å². The molecule has 1 atom stereocenters. The SMILES string of the molecule is CC1=[C-]C(C)C(C)=C1C.CC[N-]CC.[Cl-].[Cl-].[Ti+4]. The summed E-state index contributed by atoms with van der Waals surface area (Å²) >= 11 is 0. The smallest absolute Gasteiger partial charge is 1.00 e. The van der Waals surface area contributed by atoms with E-state index in [1.54, 1.807) is 0 Å². The maximum atomic E-state index is 3.97. The van der Waals surface area contributed by atoms with Crippen molar-refractivity contribution in [2.24, 2.45) is 5.92 Å². The van der Waals surface area contributed by atoms with Crippen LogP contribution in [-0.4, -0.2) is 13.1 Å². The summed E-state index contributed by atoms with van der Waals surface area (Å²) in [6.45, 7) is 14.7. The number of hydrogen-bond acceptors (Lipinski definition) is 0. The monoisotopic (exact) mass is 311 g/mol. The fraction of sp³-hybridized carbons (Fsp3) is 0.692. The third kappa shape index (κ3) is 10.4. The van der Waals surface area contributed by atoms with E-state index in [9.17, 15) is 0 Å². The first-order chi connectivity index (χ1) is 6.54. The van der Waals surface area contributed by atoms with Crippen LogP contribution in [0.25, 0.3) is 5.32 Å². The molecule has 4 heteroatoms. The van der Waals surface area contributed by atoms with Gasteiger partial charge in [0, 0.05) is 0 Å². The molecule has 0 saturated heterocycles. The van der Waals surface area contributed by atoms with Crippen LogP contribution in [0.4, 0.5) is 0 Å². The van der Waals surface area contributed by atoms with Gasteiger partial charge in [0.25, 0.3) is 0 Å². The molecule has 0 heterocycles. The van der Waals surface area contributed by atoms with Gasteiger partial charge in [-0.05, 0) is 0 Å². The Morgan fingerprint density at radius 1 is 1.06 bits per heavy atom. The second-order valence-corrected chi connectivity index (χ2v) is 3.66. The molecule has 0 aliphatic heterocycles. The van der Waals surface area contributed by atoms with E-state index in [-0.39, 0.29) is 46.5 Å². The molecule has 1 aliphatic carbocycles. The third-order valence-corrected chi connectivity index (χ3v) is 2.68. The van der Waals surface area contributed by atoms with E-state index in [1.165, 1.54) is 16.7 Å². The Hall–Kier alpha value is 0.734. The molecule has 1 rings (SSSR count). The summed E-state index contributed by atoms with van der Waals surface area (Å²) in [7, 11) is 0. The number of rotatable bonds is 2. The quantitative estimate of drug-likeness (QED) is 0.419. The van der Waals surface area contributed by atoms with E-state index >= 15 is 0 Å². The van der Waals surface area contributed by atoms with Crippen molar-refractivity contribution < 1.29 is 46.5 Å². The van der Waals surface area contributed by atoms with Crippen molar-refractivity contribution in [2.75, 3.05) is 13.1 Å². The summed E-state index contributed by atoms with van der Waals surface area (Å²) in [6, 6.07) is 0. The number of allylic oxidation sites excluding steroid dienone is 4. The second-order valence-electron chi connectivity index (χ2n) is 3.66. The molecule has 0 aromatic rings. The van der Waals surface area contributed by atoms with Crippen LogP contribution in [0.15, 0.2) is 16.7 Å². The number of nitrogens with zero attached hydrogens (tertiary/aromatic N) is 1.